The van der Waals surface area contributed by atoms with Crippen LogP contribution in [0.25, 0.3) is 0 Å². The van der Waals surface area contributed by atoms with Crippen molar-refractivity contribution in [3.63, 3.8) is 0 Å². The van der Waals surface area contributed by atoms with Crippen LogP contribution in [-0.2, 0) is 0 Å². The molecule has 0 amide bonds. The van der Waals surface area contributed by atoms with Crippen molar-refractivity contribution in [1.29, 1.82) is 0 Å². The first-order chi connectivity index (χ1) is 13.2. The summed E-state index contributed by atoms with van der Waals surface area (Å²) in [5, 5.41) is 9.57. The molecule has 27 heavy (non-hydrogen) atoms. The molecule has 142 valence electrons. The van der Waals surface area contributed by atoms with Crippen LogP contribution < -0.4 is 4.74 Å². The van der Waals surface area contributed by atoms with E-state index in [-0.39, 0.29) is 11.8 Å². The molecule has 0 bridgehead atoms. The number of hydrazone groups is 1. The summed E-state index contributed by atoms with van der Waals surface area (Å²) in [5.41, 5.74) is 2.14. The van der Waals surface area contributed by atoms with E-state index in [9.17, 15) is 0 Å². The van der Waals surface area contributed by atoms with Crippen LogP contribution in [-0.4, -0.2) is 41.0 Å². The number of hydrogen-bond donors (Lipinski definition) is 0. The second-order valence-electron chi connectivity index (χ2n) is 7.66. The van der Waals surface area contributed by atoms with Gasteiger partial charge in [-0.15, -0.1) is 11.3 Å². The average molecular weight is 446 g/mol. The molecule has 0 aliphatic carbocycles. The van der Waals surface area contributed by atoms with Gasteiger partial charge in [0.05, 0.1) is 16.6 Å². The van der Waals surface area contributed by atoms with Crippen molar-refractivity contribution in [3.8, 4) is 5.75 Å². The zero-order chi connectivity index (χ0) is 18.4. The van der Waals surface area contributed by atoms with Gasteiger partial charge < -0.3 is 9.64 Å². The number of ether oxygens (including phenoxy) is 1. The smallest absolute Gasteiger partial charge is 0.200 e. The summed E-state index contributed by atoms with van der Waals surface area (Å²) in [6, 6.07) is 11.0. The van der Waals surface area contributed by atoms with Gasteiger partial charge in [0.1, 0.15) is 5.75 Å². The molecule has 1 fully saturated rings. The van der Waals surface area contributed by atoms with Gasteiger partial charge >= 0.3 is 0 Å². The molecule has 0 N–H and O–H groups in total. The van der Waals surface area contributed by atoms with Gasteiger partial charge in [-0.25, -0.2) is 5.01 Å². The fourth-order valence-electron chi connectivity index (χ4n) is 4.62. The van der Waals surface area contributed by atoms with Crippen LogP contribution in [0.3, 0.4) is 0 Å². The third kappa shape index (κ3) is 3.02. The number of piperidine rings is 1. The summed E-state index contributed by atoms with van der Waals surface area (Å²) in [6.45, 7) is 5.58. The molecule has 3 aliphatic heterocycles. The summed E-state index contributed by atoms with van der Waals surface area (Å²) in [4.78, 5) is 3.83. The lowest BCUT2D eigenvalue weighted by Crippen LogP contribution is -2.59. The van der Waals surface area contributed by atoms with Crippen LogP contribution >= 0.6 is 27.3 Å². The van der Waals surface area contributed by atoms with Crippen molar-refractivity contribution >= 4 is 33.0 Å². The van der Waals surface area contributed by atoms with Crippen molar-refractivity contribution in [1.82, 2.24) is 9.91 Å². The summed E-state index contributed by atoms with van der Waals surface area (Å²) in [5.74, 6) is 1.03. The quantitative estimate of drug-likeness (QED) is 0.644. The van der Waals surface area contributed by atoms with E-state index in [2.05, 4.69) is 68.5 Å². The standard InChI is InChI=1S/C21H24BrN3OS/c1-2-9-24-10-7-21(8-11-24)25-18(14-17(23-25)20-4-3-12-27-20)16-13-15(22)5-6-19(16)26-21/h3-6,12-13,18H,2,7-11,14H2,1H3. The Morgan fingerprint density at radius 1 is 1.30 bits per heavy atom. The maximum Gasteiger partial charge on any atom is 0.200 e. The van der Waals surface area contributed by atoms with Gasteiger partial charge in [0.25, 0.3) is 0 Å². The molecular weight excluding hydrogens is 422 g/mol. The number of halogens is 1. The zero-order valence-electron chi connectivity index (χ0n) is 15.5. The monoisotopic (exact) mass is 445 g/mol. The van der Waals surface area contributed by atoms with Crippen LogP contribution in [0.5, 0.6) is 5.75 Å². The lowest BCUT2D eigenvalue weighted by Gasteiger charge is -2.51. The topological polar surface area (TPSA) is 28.1 Å². The van der Waals surface area contributed by atoms with Gasteiger partial charge in [0.2, 0.25) is 5.72 Å². The van der Waals surface area contributed by atoms with Crippen molar-refractivity contribution < 1.29 is 4.74 Å². The first-order valence-electron chi connectivity index (χ1n) is 9.80. The van der Waals surface area contributed by atoms with Gasteiger partial charge in [0.15, 0.2) is 0 Å². The minimum Gasteiger partial charge on any atom is -0.466 e. The molecular formula is C21H24BrN3OS. The third-order valence-electron chi connectivity index (χ3n) is 5.94. The van der Waals surface area contributed by atoms with E-state index in [0.717, 1.165) is 42.6 Å². The summed E-state index contributed by atoms with van der Waals surface area (Å²) >= 11 is 5.41. The van der Waals surface area contributed by atoms with E-state index in [4.69, 9.17) is 9.84 Å². The predicted molar refractivity (Wildman–Crippen MR) is 114 cm³/mol. The van der Waals surface area contributed by atoms with Gasteiger partial charge in [-0.3, -0.25) is 0 Å². The fraction of sp³-hybridized carbons (Fsp3) is 0.476. The van der Waals surface area contributed by atoms with Gasteiger partial charge in [-0.2, -0.15) is 5.10 Å². The summed E-state index contributed by atoms with van der Waals surface area (Å²) < 4.78 is 7.80. The Kier molecular flexibility index (Phi) is 4.53. The highest BCUT2D eigenvalue weighted by Crippen LogP contribution is 2.50. The predicted octanol–water partition coefficient (Wildman–Crippen LogP) is 5.26. The van der Waals surface area contributed by atoms with E-state index >= 15 is 0 Å². The first kappa shape index (κ1) is 17.7. The maximum atomic E-state index is 6.70. The zero-order valence-corrected chi connectivity index (χ0v) is 17.9. The molecule has 2 aromatic rings. The minimum atomic E-state index is -0.311. The van der Waals surface area contributed by atoms with Gasteiger partial charge in [-0.05, 0) is 42.6 Å². The SMILES string of the molecule is CCCN1CCC2(CC1)Oc1ccc(Br)cc1C1CC(c3cccs3)=NN12. The average Bonchev–Trinajstić information content (AvgIpc) is 3.34. The van der Waals surface area contributed by atoms with Crippen LogP contribution in [0.4, 0.5) is 0 Å². The fourth-order valence-corrected chi connectivity index (χ4v) is 5.72. The maximum absolute atomic E-state index is 6.70. The Bertz CT molecular complexity index is 858. The number of hydrogen-bond acceptors (Lipinski definition) is 5. The second kappa shape index (κ2) is 6.90. The number of nitrogens with zero attached hydrogens (tertiary/aromatic N) is 3. The van der Waals surface area contributed by atoms with Crippen molar-refractivity contribution in [3.05, 3.63) is 50.6 Å². The first-order valence-corrected chi connectivity index (χ1v) is 11.5. The minimum absolute atomic E-state index is 0.265. The molecule has 4 nitrogen and oxygen atoms in total. The molecule has 6 heteroatoms. The lowest BCUT2D eigenvalue weighted by atomic mass is 9.91. The molecule has 4 heterocycles. The van der Waals surface area contributed by atoms with E-state index in [1.165, 1.54) is 29.1 Å². The summed E-state index contributed by atoms with van der Waals surface area (Å²) in [7, 11) is 0. The van der Waals surface area contributed by atoms with Crippen molar-refractivity contribution in [2.45, 2.75) is 44.4 Å². The Hall–Kier alpha value is -1.37. The van der Waals surface area contributed by atoms with Crippen LogP contribution in [0.15, 0.2) is 45.3 Å². The normalized spacial score (nSPS) is 23.7. The van der Waals surface area contributed by atoms with E-state index < -0.39 is 0 Å². The molecule has 1 unspecified atom stereocenters. The van der Waals surface area contributed by atoms with E-state index in [0.29, 0.717) is 0 Å². The van der Waals surface area contributed by atoms with Crippen molar-refractivity contribution in [2.75, 3.05) is 19.6 Å². The van der Waals surface area contributed by atoms with E-state index in [1.54, 1.807) is 11.3 Å². The Morgan fingerprint density at radius 3 is 2.89 bits per heavy atom. The Morgan fingerprint density at radius 2 is 2.15 bits per heavy atom. The lowest BCUT2D eigenvalue weighted by molar-refractivity contribution is -0.149. The number of likely N-dealkylation sites (tertiary alicyclic amines) is 1. The molecule has 1 atom stereocenters. The van der Waals surface area contributed by atoms with Gasteiger partial charge in [-0.1, -0.05) is 28.9 Å². The van der Waals surface area contributed by atoms with Crippen LogP contribution in [0, 0.1) is 0 Å². The number of rotatable bonds is 3. The van der Waals surface area contributed by atoms with Crippen LogP contribution in [0.1, 0.15) is 49.1 Å². The molecule has 1 aromatic heterocycles. The molecule has 0 radical (unpaired) electrons. The number of thiophene rings is 1. The molecule has 3 aliphatic rings. The van der Waals surface area contributed by atoms with Crippen molar-refractivity contribution in [2.24, 2.45) is 5.10 Å². The van der Waals surface area contributed by atoms with Gasteiger partial charge in [0, 0.05) is 42.4 Å². The molecule has 5 rings (SSSR count). The van der Waals surface area contributed by atoms with Crippen LogP contribution in [0.2, 0.25) is 0 Å². The molecule has 1 aromatic carbocycles. The Balaban J connectivity index is 1.53. The highest BCUT2D eigenvalue weighted by Gasteiger charge is 2.51. The highest BCUT2D eigenvalue weighted by molar-refractivity contribution is 9.10. The molecule has 1 spiro atoms. The molecule has 1 saturated heterocycles. The second-order valence-corrected chi connectivity index (χ2v) is 9.52. The Labute approximate surface area is 172 Å². The largest absolute Gasteiger partial charge is 0.466 e. The number of fused-ring (bicyclic) bond motifs is 4. The molecule has 0 saturated carbocycles. The van der Waals surface area contributed by atoms with E-state index in [1.807, 2.05) is 0 Å². The third-order valence-corrected chi connectivity index (χ3v) is 7.35. The number of benzene rings is 1. The summed E-state index contributed by atoms with van der Waals surface area (Å²) in [6.07, 6.45) is 4.16. The highest BCUT2D eigenvalue weighted by atomic mass is 79.9.